The maximum absolute atomic E-state index is 13.4. The number of thiocarbonyl (C=S) groups is 1. The van der Waals surface area contributed by atoms with E-state index in [0.717, 1.165) is 0 Å². The van der Waals surface area contributed by atoms with Gasteiger partial charge in [0.1, 0.15) is 11.6 Å². The molecule has 118 valence electrons. The summed E-state index contributed by atoms with van der Waals surface area (Å²) in [5.41, 5.74) is 1.65. The zero-order chi connectivity index (χ0) is 16.8. The Morgan fingerprint density at radius 1 is 1.13 bits per heavy atom. The molecule has 0 aliphatic rings. The predicted octanol–water partition coefficient (Wildman–Crippen LogP) is 3.80. The van der Waals surface area contributed by atoms with E-state index < -0.39 is 5.91 Å². The molecule has 0 saturated carbocycles. The summed E-state index contributed by atoms with van der Waals surface area (Å²) in [4.78, 5) is 11.7. The maximum Gasteiger partial charge on any atom is 0.250 e. The van der Waals surface area contributed by atoms with Crippen molar-refractivity contribution in [2.75, 3.05) is 5.32 Å². The third-order valence-corrected chi connectivity index (χ3v) is 3.17. The highest BCUT2D eigenvalue weighted by Crippen LogP contribution is 2.13. The SMILES string of the molecule is Cc1ccc(NC(=S)NC(=O)/C=C/c2ccc(F)cc2)cc1F. The summed E-state index contributed by atoms with van der Waals surface area (Å²) in [5, 5.41) is 5.22. The molecule has 0 unspecified atom stereocenters. The van der Waals surface area contributed by atoms with Crippen LogP contribution in [-0.2, 0) is 4.79 Å². The van der Waals surface area contributed by atoms with Crippen LogP contribution in [0.5, 0.6) is 0 Å². The van der Waals surface area contributed by atoms with Gasteiger partial charge in [0.2, 0.25) is 5.91 Å². The minimum absolute atomic E-state index is 0.0574. The molecule has 0 radical (unpaired) electrons. The first-order valence-electron chi connectivity index (χ1n) is 6.76. The molecule has 3 nitrogen and oxygen atoms in total. The van der Waals surface area contributed by atoms with Crippen molar-refractivity contribution in [1.29, 1.82) is 0 Å². The fourth-order valence-electron chi connectivity index (χ4n) is 1.73. The lowest BCUT2D eigenvalue weighted by molar-refractivity contribution is -0.115. The lowest BCUT2D eigenvalue weighted by Crippen LogP contribution is -2.32. The van der Waals surface area contributed by atoms with E-state index in [9.17, 15) is 13.6 Å². The molecule has 23 heavy (non-hydrogen) atoms. The average molecular weight is 332 g/mol. The van der Waals surface area contributed by atoms with Crippen LogP contribution in [0.3, 0.4) is 0 Å². The van der Waals surface area contributed by atoms with Gasteiger partial charge in [0.15, 0.2) is 5.11 Å². The van der Waals surface area contributed by atoms with Crippen molar-refractivity contribution in [3.8, 4) is 0 Å². The van der Waals surface area contributed by atoms with Gasteiger partial charge in [-0.15, -0.1) is 0 Å². The number of aryl methyl sites for hydroxylation is 1. The first kappa shape index (κ1) is 16.8. The Morgan fingerprint density at radius 3 is 2.48 bits per heavy atom. The highest BCUT2D eigenvalue weighted by atomic mass is 32.1. The molecule has 2 aromatic rings. The van der Waals surface area contributed by atoms with E-state index >= 15 is 0 Å². The lowest BCUT2D eigenvalue weighted by Gasteiger charge is -2.08. The fourth-order valence-corrected chi connectivity index (χ4v) is 1.95. The summed E-state index contributed by atoms with van der Waals surface area (Å²) < 4.78 is 26.2. The van der Waals surface area contributed by atoms with Crippen LogP contribution >= 0.6 is 12.2 Å². The van der Waals surface area contributed by atoms with Gasteiger partial charge in [0.05, 0.1) is 0 Å². The van der Waals surface area contributed by atoms with Crippen LogP contribution in [0.4, 0.5) is 14.5 Å². The largest absolute Gasteiger partial charge is 0.332 e. The standard InChI is InChI=1S/C17H14F2N2OS/c1-11-2-8-14(10-15(11)19)20-17(23)21-16(22)9-5-12-3-6-13(18)7-4-12/h2-10H,1H3,(H2,20,21,22,23)/b9-5+. The van der Waals surface area contributed by atoms with Gasteiger partial charge in [-0.25, -0.2) is 8.78 Å². The van der Waals surface area contributed by atoms with Crippen molar-refractivity contribution in [3.63, 3.8) is 0 Å². The average Bonchev–Trinajstić information content (AvgIpc) is 2.50. The zero-order valence-electron chi connectivity index (χ0n) is 12.3. The second kappa shape index (κ2) is 7.60. The second-order valence-electron chi connectivity index (χ2n) is 4.79. The molecule has 0 atom stereocenters. The number of hydrogen-bond acceptors (Lipinski definition) is 2. The van der Waals surface area contributed by atoms with E-state index in [0.29, 0.717) is 16.8 Å². The minimum atomic E-state index is -0.445. The summed E-state index contributed by atoms with van der Waals surface area (Å²) >= 11 is 4.99. The van der Waals surface area contributed by atoms with E-state index in [1.165, 1.54) is 30.4 Å². The van der Waals surface area contributed by atoms with Crippen LogP contribution in [0, 0.1) is 18.6 Å². The monoisotopic (exact) mass is 332 g/mol. The van der Waals surface area contributed by atoms with Gasteiger partial charge in [-0.1, -0.05) is 18.2 Å². The van der Waals surface area contributed by atoms with Crippen LogP contribution in [-0.4, -0.2) is 11.0 Å². The van der Waals surface area contributed by atoms with Crippen molar-refractivity contribution in [2.45, 2.75) is 6.92 Å². The number of anilines is 1. The Labute approximate surface area is 138 Å². The number of carbonyl (C=O) groups is 1. The van der Waals surface area contributed by atoms with Gasteiger partial charge < -0.3 is 5.32 Å². The first-order chi connectivity index (χ1) is 10.9. The molecule has 2 rings (SSSR count). The molecule has 0 spiro atoms. The van der Waals surface area contributed by atoms with Gasteiger partial charge in [0, 0.05) is 11.8 Å². The molecule has 2 N–H and O–H groups in total. The Hall–Kier alpha value is -2.60. The van der Waals surface area contributed by atoms with E-state index in [-0.39, 0.29) is 16.7 Å². The third-order valence-electron chi connectivity index (χ3n) is 2.96. The second-order valence-corrected chi connectivity index (χ2v) is 5.20. The summed E-state index contributed by atoms with van der Waals surface area (Å²) in [5.74, 6) is -1.15. The van der Waals surface area contributed by atoms with Gasteiger partial charge >= 0.3 is 0 Å². The molecule has 0 fully saturated rings. The zero-order valence-corrected chi connectivity index (χ0v) is 13.1. The quantitative estimate of drug-likeness (QED) is 0.663. The smallest absolute Gasteiger partial charge is 0.250 e. The molecule has 0 aliphatic carbocycles. The minimum Gasteiger partial charge on any atom is -0.332 e. The van der Waals surface area contributed by atoms with E-state index in [2.05, 4.69) is 10.6 Å². The molecule has 0 bridgehead atoms. The van der Waals surface area contributed by atoms with Crippen molar-refractivity contribution in [2.24, 2.45) is 0 Å². The molecule has 0 heterocycles. The number of hydrogen-bond donors (Lipinski definition) is 2. The summed E-state index contributed by atoms with van der Waals surface area (Å²) in [7, 11) is 0. The summed E-state index contributed by atoms with van der Waals surface area (Å²) in [6.07, 6.45) is 2.81. The van der Waals surface area contributed by atoms with Crippen molar-refractivity contribution >= 4 is 35.0 Å². The Kier molecular flexibility index (Phi) is 5.54. The molecular weight excluding hydrogens is 318 g/mol. The highest BCUT2D eigenvalue weighted by Gasteiger charge is 2.04. The van der Waals surface area contributed by atoms with Crippen LogP contribution in [0.25, 0.3) is 6.08 Å². The predicted molar refractivity (Wildman–Crippen MR) is 90.9 cm³/mol. The number of benzene rings is 2. The van der Waals surface area contributed by atoms with Crippen LogP contribution < -0.4 is 10.6 Å². The summed E-state index contributed by atoms with van der Waals surface area (Å²) in [6, 6.07) is 10.3. The van der Waals surface area contributed by atoms with Crippen molar-refractivity contribution in [1.82, 2.24) is 5.32 Å². The number of halogens is 2. The molecular formula is C17H14F2N2OS. The normalized spacial score (nSPS) is 10.6. The molecule has 0 saturated heterocycles. The molecule has 0 aliphatic heterocycles. The fraction of sp³-hybridized carbons (Fsp3) is 0.0588. The number of nitrogens with one attached hydrogen (secondary N) is 2. The van der Waals surface area contributed by atoms with Crippen molar-refractivity contribution < 1.29 is 13.6 Å². The Balaban J connectivity index is 1.90. The van der Waals surface area contributed by atoms with E-state index in [1.54, 1.807) is 31.2 Å². The molecule has 2 aromatic carbocycles. The Morgan fingerprint density at radius 2 is 1.83 bits per heavy atom. The van der Waals surface area contributed by atoms with E-state index in [1.807, 2.05) is 0 Å². The topological polar surface area (TPSA) is 41.1 Å². The van der Waals surface area contributed by atoms with E-state index in [4.69, 9.17) is 12.2 Å². The molecule has 1 amide bonds. The van der Waals surface area contributed by atoms with Gasteiger partial charge in [-0.3, -0.25) is 10.1 Å². The highest BCUT2D eigenvalue weighted by molar-refractivity contribution is 7.80. The Bertz CT molecular complexity index is 758. The van der Waals surface area contributed by atoms with Gasteiger partial charge in [-0.05, 0) is 60.6 Å². The molecule has 6 heteroatoms. The first-order valence-corrected chi connectivity index (χ1v) is 7.16. The molecule has 0 aromatic heterocycles. The number of rotatable bonds is 3. The van der Waals surface area contributed by atoms with Gasteiger partial charge in [-0.2, -0.15) is 0 Å². The van der Waals surface area contributed by atoms with Gasteiger partial charge in [0.25, 0.3) is 0 Å². The number of carbonyl (C=O) groups excluding carboxylic acids is 1. The van der Waals surface area contributed by atoms with Crippen LogP contribution in [0.2, 0.25) is 0 Å². The third kappa shape index (κ3) is 5.27. The summed E-state index contributed by atoms with van der Waals surface area (Å²) in [6.45, 7) is 1.65. The van der Waals surface area contributed by atoms with Crippen LogP contribution in [0.1, 0.15) is 11.1 Å². The number of amides is 1. The van der Waals surface area contributed by atoms with Crippen LogP contribution in [0.15, 0.2) is 48.5 Å². The maximum atomic E-state index is 13.4. The van der Waals surface area contributed by atoms with Crippen molar-refractivity contribution in [3.05, 3.63) is 71.3 Å². The lowest BCUT2D eigenvalue weighted by atomic mass is 10.2.